The molecule has 1 atom stereocenters. The minimum absolute atomic E-state index is 0.0734. The van der Waals surface area contributed by atoms with E-state index < -0.39 is 0 Å². The maximum absolute atomic E-state index is 13.9. The van der Waals surface area contributed by atoms with Gasteiger partial charge in [-0.1, -0.05) is 13.8 Å². The molecule has 2 rings (SSSR count). The van der Waals surface area contributed by atoms with E-state index in [1.54, 1.807) is 6.07 Å². The van der Waals surface area contributed by atoms with Crippen LogP contribution >= 0.6 is 27.5 Å². The van der Waals surface area contributed by atoms with Crippen LogP contribution < -0.4 is 0 Å². The van der Waals surface area contributed by atoms with Gasteiger partial charge < -0.3 is 9.30 Å². The van der Waals surface area contributed by atoms with Crippen LogP contribution in [0.1, 0.15) is 32.6 Å². The molecule has 1 aromatic carbocycles. The van der Waals surface area contributed by atoms with Gasteiger partial charge in [0.05, 0.1) is 34.0 Å². The van der Waals surface area contributed by atoms with Crippen LogP contribution in [0.3, 0.4) is 0 Å². The molecule has 1 aromatic heterocycles. The molecule has 2 aromatic rings. The van der Waals surface area contributed by atoms with Crippen LogP contribution in [0.2, 0.25) is 0 Å². The van der Waals surface area contributed by atoms with Crippen LogP contribution in [0.5, 0.6) is 0 Å². The quantitative estimate of drug-likeness (QED) is 0.669. The van der Waals surface area contributed by atoms with Crippen LogP contribution in [-0.4, -0.2) is 22.8 Å². The first-order valence-corrected chi connectivity index (χ1v) is 8.31. The molecular weight excluding hydrogens is 359 g/mol. The first kappa shape index (κ1) is 16.7. The van der Waals surface area contributed by atoms with Gasteiger partial charge in [-0.15, -0.1) is 11.6 Å². The molecule has 3 nitrogen and oxygen atoms in total. The predicted molar refractivity (Wildman–Crippen MR) is 87.3 cm³/mol. The Balaban J connectivity index is 2.60. The summed E-state index contributed by atoms with van der Waals surface area (Å²) in [7, 11) is 0. The molecule has 0 N–H and O–H groups in total. The second-order valence-corrected chi connectivity index (χ2v) is 6.38. The zero-order valence-electron chi connectivity index (χ0n) is 12.4. The summed E-state index contributed by atoms with van der Waals surface area (Å²) in [5.74, 6) is 1.04. The minimum atomic E-state index is -0.302. The van der Waals surface area contributed by atoms with Gasteiger partial charge in [0.15, 0.2) is 0 Å². The number of imidazole rings is 1. The highest BCUT2D eigenvalue weighted by Gasteiger charge is 2.22. The van der Waals surface area contributed by atoms with Crippen LogP contribution in [0, 0.1) is 11.7 Å². The number of hydrogen-bond acceptors (Lipinski definition) is 2. The van der Waals surface area contributed by atoms with E-state index in [1.807, 2.05) is 11.5 Å². The second-order valence-electron chi connectivity index (χ2n) is 5.26. The average molecular weight is 378 g/mol. The zero-order chi connectivity index (χ0) is 15.6. The fourth-order valence-electron chi connectivity index (χ4n) is 2.41. The summed E-state index contributed by atoms with van der Waals surface area (Å²) >= 11 is 9.23. The summed E-state index contributed by atoms with van der Waals surface area (Å²) in [5, 5.41) is 0. The molecule has 0 bridgehead atoms. The highest BCUT2D eigenvalue weighted by atomic mass is 79.9. The predicted octanol–water partition coefficient (Wildman–Crippen LogP) is 4.91. The van der Waals surface area contributed by atoms with Crippen molar-refractivity contribution < 1.29 is 9.13 Å². The molecule has 0 aliphatic carbocycles. The average Bonchev–Trinajstić information content (AvgIpc) is 2.77. The highest BCUT2D eigenvalue weighted by molar-refractivity contribution is 9.10. The van der Waals surface area contributed by atoms with Crippen LogP contribution in [0.15, 0.2) is 16.6 Å². The summed E-state index contributed by atoms with van der Waals surface area (Å²) in [6.07, 6.45) is 0. The fourth-order valence-corrected chi connectivity index (χ4v) is 2.93. The number of aromatic nitrogens is 2. The standard InChI is InChI=1S/C15H19BrClFN2O/c1-4-21-8-14(9(2)3)20-13-6-11(18)10(16)5-12(13)19-15(20)7-17/h5-6,9,14H,4,7-8H2,1-3H3. The molecule has 0 aliphatic heterocycles. The lowest BCUT2D eigenvalue weighted by molar-refractivity contribution is 0.0970. The summed E-state index contributed by atoms with van der Waals surface area (Å²) in [6, 6.07) is 3.27. The summed E-state index contributed by atoms with van der Waals surface area (Å²) in [4.78, 5) is 4.52. The summed E-state index contributed by atoms with van der Waals surface area (Å²) in [5.41, 5.74) is 1.49. The number of ether oxygens (including phenoxy) is 1. The molecule has 6 heteroatoms. The molecule has 0 saturated heterocycles. The van der Waals surface area contributed by atoms with Gasteiger partial charge in [0.2, 0.25) is 0 Å². The van der Waals surface area contributed by atoms with Crippen molar-refractivity contribution in [2.45, 2.75) is 32.7 Å². The Labute approximate surface area is 137 Å². The van der Waals surface area contributed by atoms with E-state index in [-0.39, 0.29) is 17.7 Å². The first-order valence-electron chi connectivity index (χ1n) is 6.99. The SMILES string of the molecule is CCOCC(C(C)C)n1c(CCl)nc2cc(Br)c(F)cc21. The second kappa shape index (κ2) is 7.07. The van der Waals surface area contributed by atoms with Crippen molar-refractivity contribution in [2.75, 3.05) is 13.2 Å². The third-order valence-corrected chi connectivity index (χ3v) is 4.36. The highest BCUT2D eigenvalue weighted by Crippen LogP contribution is 2.30. The molecule has 0 saturated carbocycles. The number of benzene rings is 1. The van der Waals surface area contributed by atoms with Gasteiger partial charge in [0.25, 0.3) is 0 Å². The molecule has 21 heavy (non-hydrogen) atoms. The molecular formula is C15H19BrClFN2O. The van der Waals surface area contributed by atoms with Crippen molar-refractivity contribution in [2.24, 2.45) is 5.92 Å². The number of rotatable bonds is 6. The third-order valence-electron chi connectivity index (χ3n) is 3.52. The minimum Gasteiger partial charge on any atom is -0.380 e. The molecule has 0 spiro atoms. The van der Waals surface area contributed by atoms with Crippen molar-refractivity contribution in [3.63, 3.8) is 0 Å². The Kier molecular flexibility index (Phi) is 5.63. The fraction of sp³-hybridized carbons (Fsp3) is 0.533. The zero-order valence-corrected chi connectivity index (χ0v) is 14.7. The van der Waals surface area contributed by atoms with E-state index in [9.17, 15) is 4.39 Å². The van der Waals surface area contributed by atoms with E-state index in [1.165, 1.54) is 6.07 Å². The number of nitrogens with zero attached hydrogens (tertiary/aromatic N) is 2. The van der Waals surface area contributed by atoms with Gasteiger partial charge in [-0.25, -0.2) is 9.37 Å². The van der Waals surface area contributed by atoms with E-state index in [4.69, 9.17) is 16.3 Å². The monoisotopic (exact) mass is 376 g/mol. The van der Waals surface area contributed by atoms with E-state index in [2.05, 4.69) is 34.8 Å². The van der Waals surface area contributed by atoms with Gasteiger partial charge in [-0.2, -0.15) is 0 Å². The normalized spacial score (nSPS) is 13.3. The van der Waals surface area contributed by atoms with Crippen LogP contribution in [0.4, 0.5) is 4.39 Å². The molecule has 1 unspecified atom stereocenters. The molecule has 116 valence electrons. The topological polar surface area (TPSA) is 27.1 Å². The third kappa shape index (κ3) is 3.41. The molecule has 0 radical (unpaired) electrons. The lowest BCUT2D eigenvalue weighted by atomic mass is 10.0. The number of hydrogen-bond donors (Lipinski definition) is 0. The maximum atomic E-state index is 13.9. The van der Waals surface area contributed by atoms with E-state index >= 15 is 0 Å². The molecule has 0 fully saturated rings. The molecule has 0 amide bonds. The Morgan fingerprint density at radius 1 is 1.43 bits per heavy atom. The van der Waals surface area contributed by atoms with Gasteiger partial charge in [-0.05, 0) is 34.8 Å². The number of halogens is 3. The van der Waals surface area contributed by atoms with Crippen LogP contribution in [0.25, 0.3) is 11.0 Å². The van der Waals surface area contributed by atoms with Crippen molar-refractivity contribution in [1.29, 1.82) is 0 Å². The van der Waals surface area contributed by atoms with Crippen molar-refractivity contribution in [1.82, 2.24) is 9.55 Å². The van der Waals surface area contributed by atoms with Crippen molar-refractivity contribution in [3.05, 3.63) is 28.2 Å². The summed E-state index contributed by atoms with van der Waals surface area (Å²) in [6.45, 7) is 7.39. The number of fused-ring (bicyclic) bond motifs is 1. The maximum Gasteiger partial charge on any atom is 0.139 e. The first-order chi connectivity index (χ1) is 9.99. The Bertz CT molecular complexity index is 630. The van der Waals surface area contributed by atoms with Crippen molar-refractivity contribution in [3.8, 4) is 0 Å². The summed E-state index contributed by atoms with van der Waals surface area (Å²) < 4.78 is 21.9. The number of alkyl halides is 1. The lowest BCUT2D eigenvalue weighted by Gasteiger charge is -2.24. The lowest BCUT2D eigenvalue weighted by Crippen LogP contribution is -2.22. The Morgan fingerprint density at radius 2 is 2.14 bits per heavy atom. The van der Waals surface area contributed by atoms with E-state index in [0.717, 1.165) is 16.9 Å². The smallest absolute Gasteiger partial charge is 0.139 e. The van der Waals surface area contributed by atoms with Gasteiger partial charge in [0, 0.05) is 12.7 Å². The molecule has 1 heterocycles. The van der Waals surface area contributed by atoms with E-state index in [0.29, 0.717) is 23.6 Å². The Hall–Kier alpha value is -0.650. The largest absolute Gasteiger partial charge is 0.380 e. The van der Waals surface area contributed by atoms with Gasteiger partial charge in [-0.3, -0.25) is 0 Å². The molecule has 0 aliphatic rings. The Morgan fingerprint density at radius 3 is 2.71 bits per heavy atom. The van der Waals surface area contributed by atoms with Gasteiger partial charge >= 0.3 is 0 Å². The van der Waals surface area contributed by atoms with Crippen molar-refractivity contribution >= 4 is 38.6 Å². The van der Waals surface area contributed by atoms with Crippen LogP contribution in [-0.2, 0) is 10.6 Å². The van der Waals surface area contributed by atoms with Gasteiger partial charge in [0.1, 0.15) is 11.6 Å².